The van der Waals surface area contributed by atoms with Crippen molar-refractivity contribution in [2.75, 3.05) is 17.4 Å². The van der Waals surface area contributed by atoms with Crippen LogP contribution in [-0.4, -0.2) is 44.3 Å². The minimum Gasteiger partial charge on any atom is -0.354 e. The third kappa shape index (κ3) is 7.82. The summed E-state index contributed by atoms with van der Waals surface area (Å²) in [5.74, 6) is -1.23. The van der Waals surface area contributed by atoms with Crippen molar-refractivity contribution < 1.29 is 22.4 Å². The average Bonchev–Trinajstić information content (AvgIpc) is 2.91. The molecule has 0 saturated heterocycles. The predicted molar refractivity (Wildman–Crippen MR) is 156 cm³/mol. The number of nitrogens with zero attached hydrogens (tertiary/aromatic N) is 2. The van der Waals surface area contributed by atoms with Crippen LogP contribution in [0, 0.1) is 25.6 Å². The van der Waals surface area contributed by atoms with Crippen LogP contribution in [0.5, 0.6) is 0 Å². The van der Waals surface area contributed by atoms with Gasteiger partial charge in [-0.1, -0.05) is 61.3 Å². The maximum Gasteiger partial charge on any atom is 0.264 e. The molecule has 0 fully saturated rings. The largest absolute Gasteiger partial charge is 0.354 e. The second-order valence-corrected chi connectivity index (χ2v) is 12.5. The standard InChI is InChI=1S/C30H35ClFN3O4S/c1-20(2)17-33-30(37)23(5)34(18-24-9-11-25(32)12-10-24)29(36)19-35(26-13-8-22(4)28(31)16-26)40(38,39)27-14-6-21(3)7-15-27/h6-16,20,23H,17-19H2,1-5H3,(H,33,37)/t23-/m0/s1. The number of halogens is 2. The van der Waals surface area contributed by atoms with Gasteiger partial charge in [-0.15, -0.1) is 0 Å². The molecule has 7 nitrogen and oxygen atoms in total. The maximum absolute atomic E-state index is 13.9. The number of anilines is 1. The number of amides is 2. The minimum absolute atomic E-state index is 0.00964. The highest BCUT2D eigenvalue weighted by Crippen LogP contribution is 2.29. The molecule has 1 N–H and O–H groups in total. The molecule has 0 aliphatic rings. The van der Waals surface area contributed by atoms with Crippen molar-refractivity contribution in [3.8, 4) is 0 Å². The lowest BCUT2D eigenvalue weighted by atomic mass is 10.1. The molecule has 2 amide bonds. The molecule has 0 bridgehead atoms. The van der Waals surface area contributed by atoms with Gasteiger partial charge >= 0.3 is 0 Å². The van der Waals surface area contributed by atoms with Crippen LogP contribution in [0.2, 0.25) is 5.02 Å². The van der Waals surface area contributed by atoms with Crippen molar-refractivity contribution in [1.29, 1.82) is 0 Å². The van der Waals surface area contributed by atoms with Gasteiger partial charge in [-0.25, -0.2) is 12.8 Å². The Morgan fingerprint density at radius 1 is 0.950 bits per heavy atom. The molecule has 0 aliphatic carbocycles. The third-order valence-electron chi connectivity index (χ3n) is 6.45. The number of hydrogen-bond acceptors (Lipinski definition) is 4. The summed E-state index contributed by atoms with van der Waals surface area (Å²) in [4.78, 5) is 28.2. The van der Waals surface area contributed by atoms with E-state index in [1.165, 1.54) is 47.4 Å². The first kappa shape index (κ1) is 31.1. The first-order valence-electron chi connectivity index (χ1n) is 13.0. The van der Waals surface area contributed by atoms with Crippen LogP contribution < -0.4 is 9.62 Å². The Kier molecular flexibility index (Phi) is 10.3. The second-order valence-electron chi connectivity index (χ2n) is 10.2. The normalized spacial score (nSPS) is 12.2. The van der Waals surface area contributed by atoms with Crippen LogP contribution in [0.3, 0.4) is 0 Å². The third-order valence-corrected chi connectivity index (χ3v) is 8.64. The molecule has 10 heteroatoms. The summed E-state index contributed by atoms with van der Waals surface area (Å²) in [5.41, 5.74) is 2.43. The molecule has 3 aromatic carbocycles. The Bertz CT molecular complexity index is 1440. The fourth-order valence-electron chi connectivity index (χ4n) is 3.92. The van der Waals surface area contributed by atoms with Gasteiger partial charge in [-0.2, -0.15) is 0 Å². The highest BCUT2D eigenvalue weighted by Gasteiger charge is 2.32. The van der Waals surface area contributed by atoms with Crippen LogP contribution in [0.15, 0.2) is 71.6 Å². The molecule has 214 valence electrons. The smallest absolute Gasteiger partial charge is 0.264 e. The summed E-state index contributed by atoms with van der Waals surface area (Å²) in [6.45, 7) is 8.92. The summed E-state index contributed by atoms with van der Waals surface area (Å²) in [5, 5.41) is 3.18. The van der Waals surface area contributed by atoms with Gasteiger partial charge < -0.3 is 10.2 Å². The lowest BCUT2D eigenvalue weighted by molar-refractivity contribution is -0.139. The van der Waals surface area contributed by atoms with Crippen molar-refractivity contribution in [3.63, 3.8) is 0 Å². The van der Waals surface area contributed by atoms with Gasteiger partial charge in [0.1, 0.15) is 18.4 Å². The molecule has 0 saturated carbocycles. The first-order valence-corrected chi connectivity index (χ1v) is 14.8. The Balaban J connectivity index is 2.03. The quantitative estimate of drug-likeness (QED) is 0.322. The van der Waals surface area contributed by atoms with E-state index in [1.54, 1.807) is 38.1 Å². The topological polar surface area (TPSA) is 86.8 Å². The Morgan fingerprint density at radius 3 is 2.15 bits per heavy atom. The summed E-state index contributed by atoms with van der Waals surface area (Å²) in [6.07, 6.45) is 0. The van der Waals surface area contributed by atoms with E-state index < -0.39 is 34.3 Å². The number of aryl methyl sites for hydroxylation is 2. The van der Waals surface area contributed by atoms with E-state index in [0.29, 0.717) is 17.1 Å². The van der Waals surface area contributed by atoms with Crippen molar-refractivity contribution in [3.05, 3.63) is 94.3 Å². The first-order chi connectivity index (χ1) is 18.8. The van der Waals surface area contributed by atoms with E-state index in [1.807, 2.05) is 20.8 Å². The van der Waals surface area contributed by atoms with Gasteiger partial charge in [0.25, 0.3) is 10.0 Å². The molecular weight excluding hydrogens is 553 g/mol. The van der Waals surface area contributed by atoms with Gasteiger partial charge in [-0.3, -0.25) is 13.9 Å². The summed E-state index contributed by atoms with van der Waals surface area (Å²) in [6, 6.07) is 15.7. The van der Waals surface area contributed by atoms with Gasteiger partial charge in [0.05, 0.1) is 10.6 Å². The zero-order valence-electron chi connectivity index (χ0n) is 23.3. The van der Waals surface area contributed by atoms with E-state index in [4.69, 9.17) is 11.6 Å². The van der Waals surface area contributed by atoms with Gasteiger partial charge in [-0.05, 0) is 74.2 Å². The number of carbonyl (C=O) groups excluding carboxylic acids is 2. The van der Waals surface area contributed by atoms with Crippen molar-refractivity contribution in [1.82, 2.24) is 10.2 Å². The molecular formula is C30H35ClFN3O4S. The summed E-state index contributed by atoms with van der Waals surface area (Å²) >= 11 is 6.35. The molecule has 0 spiro atoms. The van der Waals surface area contributed by atoms with Crippen LogP contribution in [-0.2, 0) is 26.2 Å². The highest BCUT2D eigenvalue weighted by molar-refractivity contribution is 7.92. The molecule has 40 heavy (non-hydrogen) atoms. The van der Waals surface area contributed by atoms with Crippen LogP contribution in [0.25, 0.3) is 0 Å². The molecule has 0 heterocycles. The van der Waals surface area contributed by atoms with E-state index in [2.05, 4.69) is 5.32 Å². The number of benzene rings is 3. The maximum atomic E-state index is 13.9. The zero-order valence-corrected chi connectivity index (χ0v) is 24.9. The van der Waals surface area contributed by atoms with E-state index in [9.17, 15) is 22.4 Å². The van der Waals surface area contributed by atoms with Crippen LogP contribution >= 0.6 is 11.6 Å². The minimum atomic E-state index is -4.20. The van der Waals surface area contributed by atoms with Gasteiger partial charge in [0, 0.05) is 18.1 Å². The molecule has 3 aromatic rings. The van der Waals surface area contributed by atoms with E-state index >= 15 is 0 Å². The lowest BCUT2D eigenvalue weighted by Crippen LogP contribution is -2.51. The number of carbonyl (C=O) groups is 2. The van der Waals surface area contributed by atoms with Crippen LogP contribution in [0.1, 0.15) is 37.5 Å². The van der Waals surface area contributed by atoms with Crippen molar-refractivity contribution in [2.45, 2.75) is 52.1 Å². The Labute approximate surface area is 241 Å². The number of hydrogen-bond donors (Lipinski definition) is 1. The molecule has 0 radical (unpaired) electrons. The molecule has 1 atom stereocenters. The monoisotopic (exact) mass is 587 g/mol. The SMILES string of the molecule is Cc1ccc(S(=O)(=O)N(CC(=O)N(Cc2ccc(F)cc2)[C@@H](C)C(=O)NCC(C)C)c2ccc(C)c(Cl)c2)cc1. The zero-order chi connectivity index (χ0) is 29.6. The number of sulfonamides is 1. The molecule has 3 rings (SSSR count). The second kappa shape index (κ2) is 13.3. The Hall–Kier alpha value is -3.43. The van der Waals surface area contributed by atoms with Crippen molar-refractivity contribution in [2.24, 2.45) is 5.92 Å². The summed E-state index contributed by atoms with van der Waals surface area (Å²) in [7, 11) is -4.20. The number of nitrogens with one attached hydrogen (secondary N) is 1. The summed E-state index contributed by atoms with van der Waals surface area (Å²) < 4.78 is 42.3. The number of rotatable bonds is 11. The van der Waals surface area contributed by atoms with Crippen molar-refractivity contribution >= 4 is 39.1 Å². The Morgan fingerprint density at radius 2 is 1.57 bits per heavy atom. The lowest BCUT2D eigenvalue weighted by Gasteiger charge is -2.32. The van der Waals surface area contributed by atoms with Crippen LogP contribution in [0.4, 0.5) is 10.1 Å². The van der Waals surface area contributed by atoms with E-state index in [0.717, 1.165) is 15.4 Å². The van der Waals surface area contributed by atoms with E-state index in [-0.39, 0.29) is 29.0 Å². The molecule has 0 aromatic heterocycles. The average molecular weight is 588 g/mol. The fraction of sp³-hybridized carbons (Fsp3) is 0.333. The fourth-order valence-corrected chi connectivity index (χ4v) is 5.51. The van der Waals surface area contributed by atoms with Gasteiger partial charge in [0.15, 0.2) is 0 Å². The predicted octanol–water partition coefficient (Wildman–Crippen LogP) is 5.48. The van der Waals surface area contributed by atoms with Gasteiger partial charge in [0.2, 0.25) is 11.8 Å². The highest BCUT2D eigenvalue weighted by atomic mass is 35.5. The molecule has 0 unspecified atom stereocenters. The molecule has 0 aliphatic heterocycles.